The third-order valence-corrected chi connectivity index (χ3v) is 4.88. The summed E-state index contributed by atoms with van der Waals surface area (Å²) in [6, 6.07) is 10.7. The van der Waals surface area contributed by atoms with Crippen LogP contribution in [-0.4, -0.2) is 53.2 Å². The first-order valence-electron chi connectivity index (χ1n) is 7.34. The Hall–Kier alpha value is -0.900. The van der Waals surface area contributed by atoms with Gasteiger partial charge in [-0.05, 0) is 31.9 Å². The molecule has 1 N–H and O–H groups in total. The molecule has 0 amide bonds. The van der Waals surface area contributed by atoms with E-state index < -0.39 is 0 Å². The highest BCUT2D eigenvalue weighted by molar-refractivity contribution is 5.15. The number of rotatable bonds is 2. The number of likely N-dealkylation sites (N-methyl/N-ethyl adjacent to an activating group) is 1. The Balaban J connectivity index is 1.66. The van der Waals surface area contributed by atoms with Gasteiger partial charge >= 0.3 is 0 Å². The quantitative estimate of drug-likeness (QED) is 0.877. The smallest absolute Gasteiger partial charge is 0.0570 e. The van der Waals surface area contributed by atoms with Crippen molar-refractivity contribution in [1.29, 1.82) is 0 Å². The Kier molecular flexibility index (Phi) is 3.61. The normalized spacial score (nSPS) is 33.1. The van der Waals surface area contributed by atoms with Gasteiger partial charge in [0, 0.05) is 31.7 Å². The van der Waals surface area contributed by atoms with Crippen LogP contribution in [0.25, 0.3) is 0 Å². The van der Waals surface area contributed by atoms with Gasteiger partial charge in [-0.3, -0.25) is 9.80 Å². The van der Waals surface area contributed by atoms with E-state index in [1.54, 1.807) is 0 Å². The zero-order valence-corrected chi connectivity index (χ0v) is 11.8. The van der Waals surface area contributed by atoms with E-state index in [1.807, 2.05) is 0 Å². The maximum Gasteiger partial charge on any atom is 0.0570 e. The molecule has 0 bridgehead atoms. The van der Waals surface area contributed by atoms with E-state index in [1.165, 1.54) is 12.0 Å². The average Bonchev–Trinajstić information content (AvgIpc) is 2.80. The van der Waals surface area contributed by atoms with Gasteiger partial charge in [0.2, 0.25) is 0 Å². The molecule has 2 fully saturated rings. The fraction of sp³-hybridized carbons (Fsp3) is 0.625. The first kappa shape index (κ1) is 13.1. The van der Waals surface area contributed by atoms with E-state index in [2.05, 4.69) is 47.2 Å². The van der Waals surface area contributed by atoms with Crippen LogP contribution in [0.1, 0.15) is 24.8 Å². The van der Waals surface area contributed by atoms with Crippen molar-refractivity contribution in [2.75, 3.05) is 26.7 Å². The van der Waals surface area contributed by atoms with Crippen LogP contribution in [0.15, 0.2) is 30.3 Å². The molecule has 2 aliphatic heterocycles. The van der Waals surface area contributed by atoms with Crippen LogP contribution in [0.4, 0.5) is 0 Å². The fourth-order valence-electron chi connectivity index (χ4n) is 3.67. The van der Waals surface area contributed by atoms with Gasteiger partial charge in [0.25, 0.3) is 0 Å². The lowest BCUT2D eigenvalue weighted by molar-refractivity contribution is -0.00178. The zero-order chi connectivity index (χ0) is 13.3. The van der Waals surface area contributed by atoms with E-state index >= 15 is 0 Å². The molecule has 3 nitrogen and oxygen atoms in total. The molecule has 2 aliphatic rings. The standard InChI is InChI=1S/C16H24N2O/c1-17-9-7-15(19)11-16(17)8-10-18(13-16)12-14-5-3-2-4-6-14/h2-6,15,19H,7-13H2,1H3. The Labute approximate surface area is 115 Å². The summed E-state index contributed by atoms with van der Waals surface area (Å²) in [5, 5.41) is 9.98. The van der Waals surface area contributed by atoms with Crippen LogP contribution in [0, 0.1) is 0 Å². The van der Waals surface area contributed by atoms with Crippen molar-refractivity contribution in [3.63, 3.8) is 0 Å². The van der Waals surface area contributed by atoms with Crippen molar-refractivity contribution in [3.8, 4) is 0 Å². The minimum atomic E-state index is -0.104. The second-order valence-electron chi connectivity index (χ2n) is 6.24. The van der Waals surface area contributed by atoms with Gasteiger partial charge in [-0.15, -0.1) is 0 Å². The minimum Gasteiger partial charge on any atom is -0.393 e. The van der Waals surface area contributed by atoms with Crippen LogP contribution in [-0.2, 0) is 6.54 Å². The number of likely N-dealkylation sites (tertiary alicyclic amines) is 2. The maximum atomic E-state index is 9.98. The van der Waals surface area contributed by atoms with Crippen LogP contribution in [0.5, 0.6) is 0 Å². The van der Waals surface area contributed by atoms with Gasteiger partial charge in [0.15, 0.2) is 0 Å². The number of piperidine rings is 1. The highest BCUT2D eigenvalue weighted by atomic mass is 16.3. The molecule has 1 aromatic carbocycles. The van der Waals surface area contributed by atoms with E-state index in [0.29, 0.717) is 0 Å². The van der Waals surface area contributed by atoms with E-state index in [0.717, 1.165) is 39.0 Å². The number of hydrogen-bond donors (Lipinski definition) is 1. The number of aliphatic hydroxyl groups excluding tert-OH is 1. The Morgan fingerprint density at radius 3 is 2.84 bits per heavy atom. The zero-order valence-electron chi connectivity index (χ0n) is 11.8. The summed E-state index contributed by atoms with van der Waals surface area (Å²) in [4.78, 5) is 5.01. The maximum absolute atomic E-state index is 9.98. The van der Waals surface area contributed by atoms with E-state index in [9.17, 15) is 5.11 Å². The van der Waals surface area contributed by atoms with Gasteiger partial charge in [-0.2, -0.15) is 0 Å². The molecule has 2 unspecified atom stereocenters. The third kappa shape index (κ3) is 2.69. The molecule has 19 heavy (non-hydrogen) atoms. The summed E-state index contributed by atoms with van der Waals surface area (Å²) in [6.07, 6.45) is 2.95. The summed E-state index contributed by atoms with van der Waals surface area (Å²) in [5.74, 6) is 0. The van der Waals surface area contributed by atoms with E-state index in [-0.39, 0.29) is 11.6 Å². The summed E-state index contributed by atoms with van der Waals surface area (Å²) >= 11 is 0. The number of hydrogen-bond acceptors (Lipinski definition) is 3. The van der Waals surface area contributed by atoms with Gasteiger partial charge in [-0.25, -0.2) is 0 Å². The van der Waals surface area contributed by atoms with Crippen LogP contribution >= 0.6 is 0 Å². The highest BCUT2D eigenvalue weighted by Gasteiger charge is 2.44. The van der Waals surface area contributed by atoms with Gasteiger partial charge in [-0.1, -0.05) is 30.3 Å². The Bertz CT molecular complexity index is 422. The predicted molar refractivity (Wildman–Crippen MR) is 76.9 cm³/mol. The van der Waals surface area contributed by atoms with Crippen molar-refractivity contribution in [1.82, 2.24) is 9.80 Å². The lowest BCUT2D eigenvalue weighted by Crippen LogP contribution is -2.54. The summed E-state index contributed by atoms with van der Waals surface area (Å²) in [7, 11) is 2.22. The molecule has 104 valence electrons. The SMILES string of the molecule is CN1CCC(O)CC12CCN(Cc1ccccc1)C2. The van der Waals surface area contributed by atoms with E-state index in [4.69, 9.17) is 0 Å². The summed E-state index contributed by atoms with van der Waals surface area (Å²) in [6.45, 7) is 4.30. The second-order valence-corrected chi connectivity index (χ2v) is 6.24. The molecule has 2 saturated heterocycles. The minimum absolute atomic E-state index is 0.104. The van der Waals surface area contributed by atoms with Crippen LogP contribution < -0.4 is 0 Å². The molecule has 0 saturated carbocycles. The lowest BCUT2D eigenvalue weighted by atomic mass is 9.85. The van der Waals surface area contributed by atoms with Crippen LogP contribution in [0.3, 0.4) is 0 Å². The first-order chi connectivity index (χ1) is 9.18. The van der Waals surface area contributed by atoms with Crippen molar-refractivity contribution in [3.05, 3.63) is 35.9 Å². The molecule has 3 heteroatoms. The number of benzene rings is 1. The molecule has 0 aliphatic carbocycles. The fourth-order valence-corrected chi connectivity index (χ4v) is 3.67. The molecular formula is C16H24N2O. The molecule has 0 aromatic heterocycles. The molecule has 1 aromatic rings. The molecule has 0 radical (unpaired) electrons. The molecule has 3 rings (SSSR count). The summed E-state index contributed by atoms with van der Waals surface area (Å²) in [5.41, 5.74) is 1.60. The second kappa shape index (κ2) is 5.23. The molecule has 1 spiro atoms. The third-order valence-electron chi connectivity index (χ3n) is 4.88. The van der Waals surface area contributed by atoms with Gasteiger partial charge < -0.3 is 5.11 Å². The van der Waals surface area contributed by atoms with Crippen molar-refractivity contribution < 1.29 is 5.11 Å². The topological polar surface area (TPSA) is 26.7 Å². The number of nitrogens with zero attached hydrogens (tertiary/aromatic N) is 2. The van der Waals surface area contributed by atoms with Crippen molar-refractivity contribution in [2.24, 2.45) is 0 Å². The number of aliphatic hydroxyl groups is 1. The predicted octanol–water partition coefficient (Wildman–Crippen LogP) is 1.72. The first-order valence-corrected chi connectivity index (χ1v) is 7.34. The molecule has 2 atom stereocenters. The lowest BCUT2D eigenvalue weighted by Gasteiger charge is -2.44. The average molecular weight is 260 g/mol. The summed E-state index contributed by atoms with van der Waals surface area (Å²) < 4.78 is 0. The Morgan fingerprint density at radius 2 is 2.05 bits per heavy atom. The monoisotopic (exact) mass is 260 g/mol. The van der Waals surface area contributed by atoms with Gasteiger partial charge in [0.05, 0.1) is 6.10 Å². The molecule has 2 heterocycles. The largest absolute Gasteiger partial charge is 0.393 e. The van der Waals surface area contributed by atoms with Crippen molar-refractivity contribution in [2.45, 2.75) is 37.5 Å². The van der Waals surface area contributed by atoms with Gasteiger partial charge in [0.1, 0.15) is 0 Å². The van der Waals surface area contributed by atoms with Crippen molar-refractivity contribution >= 4 is 0 Å². The highest BCUT2D eigenvalue weighted by Crippen LogP contribution is 2.36. The molecular weight excluding hydrogens is 236 g/mol. The van der Waals surface area contributed by atoms with Crippen LogP contribution in [0.2, 0.25) is 0 Å². The Morgan fingerprint density at radius 1 is 1.26 bits per heavy atom.